The Morgan fingerprint density at radius 3 is 2.64 bits per heavy atom. The highest BCUT2D eigenvalue weighted by atomic mass is 16.5. The van der Waals surface area contributed by atoms with Crippen molar-refractivity contribution in [3.05, 3.63) is 70.4 Å². The third kappa shape index (κ3) is 8.03. The Morgan fingerprint density at radius 2 is 1.95 bits per heavy atom. The monoisotopic (exact) mass is 536 g/mol. The number of carbonyl (C=O) groups excluding carboxylic acids is 3. The van der Waals surface area contributed by atoms with Gasteiger partial charge in [-0.05, 0) is 55.0 Å². The quantitative estimate of drug-likeness (QED) is 0.322. The van der Waals surface area contributed by atoms with Crippen LogP contribution in [0, 0.1) is 5.92 Å². The highest BCUT2D eigenvalue weighted by molar-refractivity contribution is 5.96. The third-order valence-electron chi connectivity index (χ3n) is 5.99. The largest absolute Gasteiger partial charge is 0.453 e. The number of hydrogen-bond donors (Lipinski definition) is 3. The summed E-state index contributed by atoms with van der Waals surface area (Å²) in [7, 11) is 4.46. The van der Waals surface area contributed by atoms with E-state index < -0.39 is 23.6 Å². The number of hydrogen-bond acceptors (Lipinski definition) is 6. The first-order chi connectivity index (χ1) is 18.6. The summed E-state index contributed by atoms with van der Waals surface area (Å²) in [5, 5.41) is 5.10. The number of alkyl carbamates (subject to hydrolysis) is 1. The zero-order chi connectivity index (χ0) is 28.5. The van der Waals surface area contributed by atoms with E-state index in [0.29, 0.717) is 18.2 Å². The molecule has 0 saturated heterocycles. The van der Waals surface area contributed by atoms with E-state index in [9.17, 15) is 19.2 Å². The van der Waals surface area contributed by atoms with Crippen molar-refractivity contribution in [3.63, 3.8) is 0 Å². The van der Waals surface area contributed by atoms with Crippen molar-refractivity contribution in [3.8, 4) is 0 Å². The molecule has 1 atom stereocenters. The molecule has 0 fully saturated rings. The minimum absolute atomic E-state index is 0.0640. The Kier molecular flexibility index (Phi) is 10.0. The SMILES string of the molecule is COC(=O)NC(CC/C=C/C(=O)N(C)C)C(=O)Nc1cccn(Cc2nc3c(CC(C)C)cccc3[nH]2)c1=O. The van der Waals surface area contributed by atoms with Crippen molar-refractivity contribution in [1.82, 2.24) is 24.8 Å². The molecule has 0 aliphatic rings. The molecule has 1 unspecified atom stereocenters. The van der Waals surface area contributed by atoms with E-state index in [4.69, 9.17) is 4.98 Å². The lowest BCUT2D eigenvalue weighted by atomic mass is 10.0. The molecule has 1 aromatic carbocycles. The second-order valence-corrected chi connectivity index (χ2v) is 9.84. The summed E-state index contributed by atoms with van der Waals surface area (Å²) in [6.45, 7) is 4.49. The zero-order valence-electron chi connectivity index (χ0n) is 23.0. The van der Waals surface area contributed by atoms with Gasteiger partial charge in [0.15, 0.2) is 0 Å². The predicted molar refractivity (Wildman–Crippen MR) is 149 cm³/mol. The van der Waals surface area contributed by atoms with Gasteiger partial charge in [-0.15, -0.1) is 0 Å². The van der Waals surface area contributed by atoms with Crippen LogP contribution in [0.15, 0.2) is 53.5 Å². The number of allylic oxidation sites excluding steroid dienone is 1. The van der Waals surface area contributed by atoms with Crippen LogP contribution in [-0.2, 0) is 27.3 Å². The van der Waals surface area contributed by atoms with Gasteiger partial charge in [0, 0.05) is 20.3 Å². The summed E-state index contributed by atoms with van der Waals surface area (Å²) in [5.74, 6) is 0.329. The van der Waals surface area contributed by atoms with Gasteiger partial charge in [-0.1, -0.05) is 32.1 Å². The highest BCUT2D eigenvalue weighted by Gasteiger charge is 2.22. The number of methoxy groups -OCH3 is 1. The van der Waals surface area contributed by atoms with Gasteiger partial charge in [0.05, 0.1) is 24.7 Å². The van der Waals surface area contributed by atoms with Gasteiger partial charge in [-0.3, -0.25) is 14.4 Å². The van der Waals surface area contributed by atoms with Gasteiger partial charge in [-0.25, -0.2) is 9.78 Å². The summed E-state index contributed by atoms with van der Waals surface area (Å²) < 4.78 is 6.09. The van der Waals surface area contributed by atoms with E-state index >= 15 is 0 Å². The molecular weight excluding hydrogens is 500 g/mol. The van der Waals surface area contributed by atoms with Gasteiger partial charge in [-0.2, -0.15) is 0 Å². The molecule has 11 nitrogen and oxygen atoms in total. The highest BCUT2D eigenvalue weighted by Crippen LogP contribution is 2.20. The van der Waals surface area contributed by atoms with Crippen LogP contribution in [0.2, 0.25) is 0 Å². The molecule has 3 amide bonds. The lowest BCUT2D eigenvalue weighted by Gasteiger charge is -2.17. The molecule has 0 radical (unpaired) electrons. The molecule has 2 aromatic heterocycles. The van der Waals surface area contributed by atoms with Crippen LogP contribution < -0.4 is 16.2 Å². The fourth-order valence-electron chi connectivity index (χ4n) is 4.03. The molecular formula is C28H36N6O5. The number of H-pyrrole nitrogens is 1. The predicted octanol–water partition coefficient (Wildman–Crippen LogP) is 3.06. The number of aromatic nitrogens is 3. The van der Waals surface area contributed by atoms with Crippen LogP contribution >= 0.6 is 0 Å². The molecule has 2 heterocycles. The Hall–Kier alpha value is -4.41. The first kappa shape index (κ1) is 29.2. The minimum Gasteiger partial charge on any atom is -0.453 e. The van der Waals surface area contributed by atoms with Crippen molar-refractivity contribution in [1.29, 1.82) is 0 Å². The van der Waals surface area contributed by atoms with Crippen LogP contribution in [0.4, 0.5) is 10.5 Å². The van der Waals surface area contributed by atoms with Crippen molar-refractivity contribution in [2.45, 2.75) is 45.7 Å². The standard InChI is InChI=1S/C28H36N6O5/c1-18(2)16-19-10-8-12-20-25(19)32-23(29-20)17-34-15-9-13-22(27(34)37)30-26(36)21(31-28(38)39-5)11-6-7-14-24(35)33(3)4/h7-10,12-15,18,21H,6,11,16-17H2,1-5H3,(H,29,32)(H,30,36)(H,31,38)/b14-7+. The summed E-state index contributed by atoms with van der Waals surface area (Å²) in [5.41, 5.74) is 2.58. The maximum atomic E-state index is 13.2. The molecule has 0 saturated carbocycles. The van der Waals surface area contributed by atoms with Gasteiger partial charge < -0.3 is 29.8 Å². The first-order valence-electron chi connectivity index (χ1n) is 12.8. The topological polar surface area (TPSA) is 138 Å². The molecule has 0 aliphatic carbocycles. The number of para-hydroxylation sites is 1. The van der Waals surface area contributed by atoms with Gasteiger partial charge in [0.1, 0.15) is 17.6 Å². The van der Waals surface area contributed by atoms with Crippen molar-refractivity contribution in [2.24, 2.45) is 5.92 Å². The van der Waals surface area contributed by atoms with Crippen LogP contribution in [-0.4, -0.2) is 64.6 Å². The van der Waals surface area contributed by atoms with E-state index in [1.807, 2.05) is 12.1 Å². The Labute approximate surface area is 227 Å². The molecule has 3 aromatic rings. The maximum Gasteiger partial charge on any atom is 0.407 e. The second-order valence-electron chi connectivity index (χ2n) is 9.84. The molecule has 0 spiro atoms. The number of anilines is 1. The number of pyridine rings is 1. The van der Waals surface area contributed by atoms with E-state index in [0.717, 1.165) is 23.0 Å². The van der Waals surface area contributed by atoms with Crippen LogP contribution in [0.5, 0.6) is 0 Å². The number of rotatable bonds is 11. The fraction of sp³-hybridized carbons (Fsp3) is 0.393. The Bertz CT molecular complexity index is 1400. The lowest BCUT2D eigenvalue weighted by Crippen LogP contribution is -2.44. The van der Waals surface area contributed by atoms with Gasteiger partial charge in [0.25, 0.3) is 5.56 Å². The van der Waals surface area contributed by atoms with Crippen molar-refractivity contribution >= 4 is 34.6 Å². The number of ether oxygens (including phenoxy) is 1. The average molecular weight is 537 g/mol. The summed E-state index contributed by atoms with van der Waals surface area (Å²) in [6.07, 6.45) is 5.28. The maximum absolute atomic E-state index is 13.2. The molecule has 11 heteroatoms. The number of benzene rings is 1. The number of carbonyl (C=O) groups is 3. The van der Waals surface area contributed by atoms with E-state index in [1.165, 1.54) is 28.7 Å². The number of imidazole rings is 1. The van der Waals surface area contributed by atoms with Crippen LogP contribution in [0.3, 0.4) is 0 Å². The lowest BCUT2D eigenvalue weighted by molar-refractivity contribution is -0.123. The number of amides is 3. The Morgan fingerprint density at radius 1 is 1.18 bits per heavy atom. The number of likely N-dealkylation sites (N-methyl/N-ethyl adjacent to an activating group) is 1. The summed E-state index contributed by atoms with van der Waals surface area (Å²) >= 11 is 0. The van der Waals surface area contributed by atoms with Gasteiger partial charge in [0.2, 0.25) is 11.8 Å². The number of nitrogens with one attached hydrogen (secondary N) is 3. The van der Waals surface area contributed by atoms with Crippen molar-refractivity contribution in [2.75, 3.05) is 26.5 Å². The molecule has 39 heavy (non-hydrogen) atoms. The summed E-state index contributed by atoms with van der Waals surface area (Å²) in [6, 6.07) is 8.17. The van der Waals surface area contributed by atoms with Crippen LogP contribution in [0.25, 0.3) is 11.0 Å². The van der Waals surface area contributed by atoms with E-state index in [1.54, 1.807) is 32.4 Å². The minimum atomic E-state index is -0.987. The zero-order valence-corrected chi connectivity index (χ0v) is 23.0. The smallest absolute Gasteiger partial charge is 0.407 e. The third-order valence-corrected chi connectivity index (χ3v) is 5.99. The normalized spacial score (nSPS) is 12.1. The van der Waals surface area contributed by atoms with Crippen LogP contribution in [0.1, 0.15) is 38.1 Å². The molecule has 3 rings (SSSR count). The summed E-state index contributed by atoms with van der Waals surface area (Å²) in [4.78, 5) is 59.2. The number of fused-ring (bicyclic) bond motifs is 1. The average Bonchev–Trinajstić information content (AvgIpc) is 3.31. The van der Waals surface area contributed by atoms with Crippen molar-refractivity contribution < 1.29 is 19.1 Å². The van der Waals surface area contributed by atoms with E-state index in [-0.39, 0.29) is 24.6 Å². The van der Waals surface area contributed by atoms with E-state index in [2.05, 4.69) is 40.3 Å². The first-order valence-corrected chi connectivity index (χ1v) is 12.8. The number of aromatic amines is 1. The molecule has 3 N–H and O–H groups in total. The molecule has 208 valence electrons. The Balaban J connectivity index is 1.75. The van der Waals surface area contributed by atoms with Gasteiger partial charge >= 0.3 is 6.09 Å². The second kappa shape index (κ2) is 13.4. The fourth-order valence-corrected chi connectivity index (χ4v) is 4.03. The number of nitrogens with zero attached hydrogens (tertiary/aromatic N) is 3. The molecule has 0 aliphatic heterocycles. The molecule has 0 bridgehead atoms.